The van der Waals surface area contributed by atoms with Gasteiger partial charge in [-0.2, -0.15) is 0 Å². The van der Waals surface area contributed by atoms with E-state index in [0.29, 0.717) is 0 Å². The lowest BCUT2D eigenvalue weighted by atomic mass is 10.1. The number of allylic oxidation sites excluding steroid dienone is 1. The molecule has 0 aliphatic heterocycles. The van der Waals surface area contributed by atoms with Gasteiger partial charge < -0.3 is 0 Å². The SMILES string of the molecule is C=CCc1ccccc1C=C. The summed E-state index contributed by atoms with van der Waals surface area (Å²) in [5.41, 5.74) is 2.49. The zero-order valence-corrected chi connectivity index (χ0v) is 6.59. The molecule has 1 aromatic rings. The minimum absolute atomic E-state index is 0.919. The predicted molar refractivity (Wildman–Crippen MR) is 50.4 cm³/mol. The van der Waals surface area contributed by atoms with Crippen molar-refractivity contribution in [2.75, 3.05) is 0 Å². The summed E-state index contributed by atoms with van der Waals surface area (Å²) in [4.78, 5) is 0. The van der Waals surface area contributed by atoms with Gasteiger partial charge >= 0.3 is 0 Å². The largest absolute Gasteiger partial charge is 0.103 e. The van der Waals surface area contributed by atoms with Gasteiger partial charge in [-0.1, -0.05) is 43.0 Å². The predicted octanol–water partition coefficient (Wildman–Crippen LogP) is 3.06. The first-order valence-electron chi connectivity index (χ1n) is 3.69. The maximum atomic E-state index is 3.74. The fraction of sp³-hybridized carbons (Fsp3) is 0.0909. The Morgan fingerprint density at radius 2 is 1.91 bits per heavy atom. The molecule has 0 saturated carbocycles. The fourth-order valence-electron chi connectivity index (χ4n) is 1.07. The van der Waals surface area contributed by atoms with Gasteiger partial charge in [0.05, 0.1) is 0 Å². The molecule has 0 heterocycles. The Morgan fingerprint density at radius 1 is 1.18 bits per heavy atom. The zero-order valence-electron chi connectivity index (χ0n) is 6.59. The number of rotatable bonds is 3. The smallest absolute Gasteiger partial charge is 0.00942 e. The number of hydrogen-bond donors (Lipinski definition) is 0. The third kappa shape index (κ3) is 1.81. The van der Waals surface area contributed by atoms with E-state index in [1.807, 2.05) is 24.3 Å². The average Bonchev–Trinajstić information content (AvgIpc) is 2.06. The van der Waals surface area contributed by atoms with E-state index < -0.39 is 0 Å². The van der Waals surface area contributed by atoms with Crippen LogP contribution in [0.5, 0.6) is 0 Å². The van der Waals surface area contributed by atoms with Crippen LogP contribution in [-0.2, 0) is 6.42 Å². The summed E-state index contributed by atoms with van der Waals surface area (Å²) in [5.74, 6) is 0. The zero-order chi connectivity index (χ0) is 8.10. The Balaban J connectivity index is 3.01. The normalized spacial score (nSPS) is 9.09. The van der Waals surface area contributed by atoms with Crippen LogP contribution in [0.1, 0.15) is 11.1 Å². The maximum absolute atomic E-state index is 3.74. The molecule has 0 nitrogen and oxygen atoms in total. The van der Waals surface area contributed by atoms with Gasteiger partial charge in [0.1, 0.15) is 0 Å². The molecule has 0 spiro atoms. The summed E-state index contributed by atoms with van der Waals surface area (Å²) in [6.45, 7) is 7.44. The summed E-state index contributed by atoms with van der Waals surface area (Å²) >= 11 is 0. The van der Waals surface area contributed by atoms with Crippen LogP contribution in [0.2, 0.25) is 0 Å². The number of hydrogen-bond acceptors (Lipinski definition) is 0. The minimum atomic E-state index is 0.919. The van der Waals surface area contributed by atoms with Gasteiger partial charge in [-0.3, -0.25) is 0 Å². The van der Waals surface area contributed by atoms with Crippen LogP contribution < -0.4 is 0 Å². The molecule has 0 atom stereocenters. The highest BCUT2D eigenvalue weighted by atomic mass is 14.0. The average molecular weight is 144 g/mol. The van der Waals surface area contributed by atoms with Gasteiger partial charge in [0.15, 0.2) is 0 Å². The van der Waals surface area contributed by atoms with Crippen molar-refractivity contribution in [2.45, 2.75) is 6.42 Å². The molecule has 0 unspecified atom stereocenters. The van der Waals surface area contributed by atoms with Crippen molar-refractivity contribution in [3.63, 3.8) is 0 Å². The minimum Gasteiger partial charge on any atom is -0.103 e. The molecule has 0 saturated heterocycles. The summed E-state index contributed by atoms with van der Waals surface area (Å²) in [6.07, 6.45) is 4.70. The first-order chi connectivity index (χ1) is 5.38. The lowest BCUT2D eigenvalue weighted by molar-refractivity contribution is 1.26. The first-order valence-corrected chi connectivity index (χ1v) is 3.69. The van der Waals surface area contributed by atoms with Crippen LogP contribution in [0.4, 0.5) is 0 Å². The molecule has 1 aromatic carbocycles. The van der Waals surface area contributed by atoms with Crippen LogP contribution in [0, 0.1) is 0 Å². The Morgan fingerprint density at radius 3 is 2.55 bits per heavy atom. The van der Waals surface area contributed by atoms with Gasteiger partial charge in [0, 0.05) is 0 Å². The van der Waals surface area contributed by atoms with Crippen molar-refractivity contribution in [3.8, 4) is 0 Å². The Bertz CT molecular complexity index is 258. The van der Waals surface area contributed by atoms with Crippen molar-refractivity contribution >= 4 is 6.08 Å². The van der Waals surface area contributed by atoms with E-state index in [0.717, 1.165) is 6.42 Å². The lowest BCUT2D eigenvalue weighted by Crippen LogP contribution is -1.84. The second-order valence-electron chi connectivity index (χ2n) is 2.40. The molecular formula is C11H12. The lowest BCUT2D eigenvalue weighted by Gasteiger charge is -2.00. The topological polar surface area (TPSA) is 0 Å². The van der Waals surface area contributed by atoms with Crippen molar-refractivity contribution < 1.29 is 0 Å². The third-order valence-corrected chi connectivity index (χ3v) is 1.64. The quantitative estimate of drug-likeness (QED) is 0.572. The molecule has 0 radical (unpaired) electrons. The second kappa shape index (κ2) is 3.77. The van der Waals surface area contributed by atoms with Crippen molar-refractivity contribution in [1.82, 2.24) is 0 Å². The molecule has 0 N–H and O–H groups in total. The molecule has 0 aliphatic carbocycles. The van der Waals surface area contributed by atoms with Crippen LogP contribution in [0.15, 0.2) is 43.5 Å². The van der Waals surface area contributed by atoms with Gasteiger partial charge in [0.2, 0.25) is 0 Å². The van der Waals surface area contributed by atoms with Gasteiger partial charge in [-0.05, 0) is 17.5 Å². The summed E-state index contributed by atoms with van der Waals surface area (Å²) < 4.78 is 0. The summed E-state index contributed by atoms with van der Waals surface area (Å²) in [5, 5.41) is 0. The fourth-order valence-corrected chi connectivity index (χ4v) is 1.07. The molecule has 0 amide bonds. The molecule has 1 rings (SSSR count). The maximum Gasteiger partial charge on any atom is -0.00942 e. The summed E-state index contributed by atoms with van der Waals surface area (Å²) in [7, 11) is 0. The van der Waals surface area contributed by atoms with E-state index in [1.54, 1.807) is 0 Å². The summed E-state index contributed by atoms with van der Waals surface area (Å²) in [6, 6.07) is 8.21. The van der Waals surface area contributed by atoms with Gasteiger partial charge in [-0.25, -0.2) is 0 Å². The van der Waals surface area contributed by atoms with Crippen LogP contribution in [-0.4, -0.2) is 0 Å². The second-order valence-corrected chi connectivity index (χ2v) is 2.40. The first kappa shape index (κ1) is 7.80. The standard InChI is InChI=1S/C11H12/c1-3-7-11-9-6-5-8-10(11)4-2/h3-6,8-9H,1-2,7H2. The molecule has 0 bridgehead atoms. The molecule has 0 aromatic heterocycles. The van der Waals surface area contributed by atoms with E-state index in [1.165, 1.54) is 11.1 Å². The Hall–Kier alpha value is -1.30. The number of benzene rings is 1. The highest BCUT2D eigenvalue weighted by Crippen LogP contribution is 2.10. The van der Waals surface area contributed by atoms with Crippen molar-refractivity contribution in [1.29, 1.82) is 0 Å². The van der Waals surface area contributed by atoms with E-state index in [-0.39, 0.29) is 0 Å². The van der Waals surface area contributed by atoms with E-state index >= 15 is 0 Å². The molecule has 0 aliphatic rings. The van der Waals surface area contributed by atoms with Crippen LogP contribution in [0.3, 0.4) is 0 Å². The van der Waals surface area contributed by atoms with E-state index in [4.69, 9.17) is 0 Å². The Kier molecular flexibility index (Phi) is 2.67. The van der Waals surface area contributed by atoms with Crippen molar-refractivity contribution in [3.05, 3.63) is 54.6 Å². The third-order valence-electron chi connectivity index (χ3n) is 1.64. The molecular weight excluding hydrogens is 132 g/mol. The molecule has 11 heavy (non-hydrogen) atoms. The highest BCUT2D eigenvalue weighted by Gasteiger charge is 1.93. The monoisotopic (exact) mass is 144 g/mol. The molecule has 0 fully saturated rings. The van der Waals surface area contributed by atoms with Gasteiger partial charge in [-0.15, -0.1) is 6.58 Å². The van der Waals surface area contributed by atoms with Crippen LogP contribution in [0.25, 0.3) is 6.08 Å². The van der Waals surface area contributed by atoms with E-state index in [2.05, 4.69) is 25.3 Å². The van der Waals surface area contributed by atoms with Crippen LogP contribution >= 0.6 is 0 Å². The molecule has 0 heteroatoms. The highest BCUT2D eigenvalue weighted by molar-refractivity contribution is 5.52. The van der Waals surface area contributed by atoms with E-state index in [9.17, 15) is 0 Å². The van der Waals surface area contributed by atoms with Gasteiger partial charge in [0.25, 0.3) is 0 Å². The molecule has 56 valence electrons. The van der Waals surface area contributed by atoms with Crippen molar-refractivity contribution in [2.24, 2.45) is 0 Å². The Labute approximate surface area is 67.9 Å².